The molecule has 0 amide bonds. The molecule has 3 aliphatic carbocycles. The van der Waals surface area contributed by atoms with E-state index in [1.165, 1.54) is 25.8 Å². The van der Waals surface area contributed by atoms with Gasteiger partial charge in [0.2, 0.25) is 0 Å². The lowest BCUT2D eigenvalue weighted by Crippen LogP contribution is -2.39. The molecule has 3 fully saturated rings. The van der Waals surface area contributed by atoms with Crippen molar-refractivity contribution in [1.29, 1.82) is 0 Å². The molecule has 1 heteroatoms. The van der Waals surface area contributed by atoms with Gasteiger partial charge in [0.25, 0.3) is 0 Å². The Balaban J connectivity index is 1.45. The van der Waals surface area contributed by atoms with Gasteiger partial charge >= 0.3 is 0 Å². The second-order valence-corrected chi connectivity index (χ2v) is 5.47. The van der Waals surface area contributed by atoms with E-state index in [2.05, 4.69) is 5.32 Å². The van der Waals surface area contributed by atoms with Crippen molar-refractivity contribution >= 4 is 0 Å². The summed E-state index contributed by atoms with van der Waals surface area (Å²) in [5.41, 5.74) is 0. The highest BCUT2D eigenvalue weighted by atomic mass is 14.9. The first-order valence-electron chi connectivity index (χ1n) is 6.15. The summed E-state index contributed by atoms with van der Waals surface area (Å²) in [7, 11) is 0. The number of rotatable bonds is 3. The Morgan fingerprint density at radius 1 is 1.00 bits per heavy atom. The zero-order chi connectivity index (χ0) is 8.67. The Hall–Kier alpha value is -0.0400. The topological polar surface area (TPSA) is 12.0 Å². The minimum absolute atomic E-state index is 0.902. The number of hydrogen-bond donors (Lipinski definition) is 1. The molecule has 13 heavy (non-hydrogen) atoms. The third-order valence-electron chi connectivity index (χ3n) is 4.66. The van der Waals surface area contributed by atoms with Crippen LogP contribution in [0.25, 0.3) is 0 Å². The highest BCUT2D eigenvalue weighted by Gasteiger charge is 2.39. The van der Waals surface area contributed by atoms with Crippen LogP contribution in [0.1, 0.15) is 44.9 Å². The van der Waals surface area contributed by atoms with Crippen LogP contribution in [0.4, 0.5) is 0 Å². The van der Waals surface area contributed by atoms with Crippen molar-refractivity contribution in [3.05, 3.63) is 0 Å². The molecule has 3 unspecified atom stereocenters. The van der Waals surface area contributed by atoms with Gasteiger partial charge in [-0.15, -0.1) is 0 Å². The van der Waals surface area contributed by atoms with Crippen LogP contribution in [-0.4, -0.2) is 12.6 Å². The summed E-state index contributed by atoms with van der Waals surface area (Å²) in [5, 5.41) is 3.75. The maximum Gasteiger partial charge on any atom is 0.00672 e. The average molecular weight is 179 g/mol. The van der Waals surface area contributed by atoms with Gasteiger partial charge in [-0.1, -0.05) is 12.8 Å². The van der Waals surface area contributed by atoms with E-state index in [0.717, 1.165) is 23.8 Å². The van der Waals surface area contributed by atoms with Gasteiger partial charge in [-0.2, -0.15) is 0 Å². The van der Waals surface area contributed by atoms with Crippen LogP contribution in [0.2, 0.25) is 0 Å². The van der Waals surface area contributed by atoms with Crippen LogP contribution >= 0.6 is 0 Å². The number of hydrogen-bond acceptors (Lipinski definition) is 1. The van der Waals surface area contributed by atoms with E-state index >= 15 is 0 Å². The molecular weight excluding hydrogens is 158 g/mol. The molecule has 3 saturated carbocycles. The molecule has 1 nitrogen and oxygen atoms in total. The molecule has 74 valence electrons. The predicted molar refractivity (Wildman–Crippen MR) is 54.6 cm³/mol. The molecule has 0 spiro atoms. The van der Waals surface area contributed by atoms with Crippen LogP contribution in [-0.2, 0) is 0 Å². The van der Waals surface area contributed by atoms with E-state index in [4.69, 9.17) is 0 Å². The Morgan fingerprint density at radius 3 is 2.46 bits per heavy atom. The molecule has 0 aromatic carbocycles. The average Bonchev–Trinajstić information content (AvgIpc) is 2.61. The Morgan fingerprint density at radius 2 is 1.92 bits per heavy atom. The van der Waals surface area contributed by atoms with E-state index < -0.39 is 0 Å². The molecule has 3 atom stereocenters. The van der Waals surface area contributed by atoms with E-state index in [1.54, 1.807) is 25.7 Å². The standard InChI is InChI=1S/C12H21N/c1-2-12(3-1)13-8-11-7-9-4-5-10(11)6-9/h9-13H,1-8H2. The van der Waals surface area contributed by atoms with Gasteiger partial charge in [-0.25, -0.2) is 0 Å². The van der Waals surface area contributed by atoms with Crippen molar-refractivity contribution in [1.82, 2.24) is 5.32 Å². The van der Waals surface area contributed by atoms with Crippen LogP contribution in [0, 0.1) is 17.8 Å². The molecule has 0 heterocycles. The normalized spacial score (nSPS) is 43.8. The van der Waals surface area contributed by atoms with Gasteiger partial charge in [-0.3, -0.25) is 0 Å². The van der Waals surface area contributed by atoms with Crippen LogP contribution in [0.5, 0.6) is 0 Å². The molecule has 0 aliphatic heterocycles. The van der Waals surface area contributed by atoms with Gasteiger partial charge < -0.3 is 5.32 Å². The molecule has 0 aromatic rings. The quantitative estimate of drug-likeness (QED) is 0.702. The first-order chi connectivity index (χ1) is 6.42. The van der Waals surface area contributed by atoms with E-state index in [9.17, 15) is 0 Å². The first-order valence-corrected chi connectivity index (χ1v) is 6.15. The van der Waals surface area contributed by atoms with Crippen molar-refractivity contribution < 1.29 is 0 Å². The second-order valence-electron chi connectivity index (χ2n) is 5.47. The summed E-state index contributed by atoms with van der Waals surface area (Å²) in [6.45, 7) is 1.34. The highest BCUT2D eigenvalue weighted by molar-refractivity contribution is 4.91. The molecule has 0 saturated heterocycles. The predicted octanol–water partition coefficient (Wildman–Crippen LogP) is 2.56. The second kappa shape index (κ2) is 3.27. The maximum atomic E-state index is 3.75. The zero-order valence-electron chi connectivity index (χ0n) is 8.47. The number of fused-ring (bicyclic) bond motifs is 2. The largest absolute Gasteiger partial charge is 0.314 e. The third kappa shape index (κ3) is 1.52. The van der Waals surface area contributed by atoms with E-state index in [1.807, 2.05) is 0 Å². The minimum Gasteiger partial charge on any atom is -0.314 e. The Bertz CT molecular complexity index is 186. The van der Waals surface area contributed by atoms with Crippen molar-refractivity contribution in [3.63, 3.8) is 0 Å². The highest BCUT2D eigenvalue weighted by Crippen LogP contribution is 2.48. The summed E-state index contributed by atoms with van der Waals surface area (Å²) in [4.78, 5) is 0. The lowest BCUT2D eigenvalue weighted by atomic mass is 9.87. The summed E-state index contributed by atoms with van der Waals surface area (Å²) < 4.78 is 0. The minimum atomic E-state index is 0.902. The van der Waals surface area contributed by atoms with Gasteiger partial charge in [0.1, 0.15) is 0 Å². The molecular formula is C12H21N. The van der Waals surface area contributed by atoms with Crippen LogP contribution in [0.3, 0.4) is 0 Å². The Kier molecular flexibility index (Phi) is 2.08. The van der Waals surface area contributed by atoms with Gasteiger partial charge in [0.05, 0.1) is 0 Å². The third-order valence-corrected chi connectivity index (χ3v) is 4.66. The fourth-order valence-electron chi connectivity index (χ4n) is 3.56. The van der Waals surface area contributed by atoms with E-state index in [0.29, 0.717) is 0 Å². The SMILES string of the molecule is C1CC(NCC2CC3CCC2C3)C1. The summed E-state index contributed by atoms with van der Waals surface area (Å²) in [6, 6.07) is 0.902. The molecule has 3 rings (SSSR count). The lowest BCUT2D eigenvalue weighted by Gasteiger charge is -2.30. The monoisotopic (exact) mass is 179 g/mol. The maximum absolute atomic E-state index is 3.75. The smallest absolute Gasteiger partial charge is 0.00672 e. The van der Waals surface area contributed by atoms with Crippen LogP contribution < -0.4 is 5.32 Å². The van der Waals surface area contributed by atoms with E-state index in [-0.39, 0.29) is 0 Å². The van der Waals surface area contributed by atoms with Crippen LogP contribution in [0.15, 0.2) is 0 Å². The summed E-state index contributed by atoms with van der Waals surface area (Å²) >= 11 is 0. The summed E-state index contributed by atoms with van der Waals surface area (Å²) in [6.07, 6.45) is 10.6. The summed E-state index contributed by atoms with van der Waals surface area (Å²) in [5.74, 6) is 3.29. The first kappa shape index (κ1) is 8.28. The molecule has 3 aliphatic rings. The molecule has 1 N–H and O–H groups in total. The van der Waals surface area contributed by atoms with Crippen molar-refractivity contribution in [2.45, 2.75) is 51.0 Å². The van der Waals surface area contributed by atoms with Gasteiger partial charge in [-0.05, 0) is 56.4 Å². The van der Waals surface area contributed by atoms with Crippen molar-refractivity contribution in [2.75, 3.05) is 6.54 Å². The van der Waals surface area contributed by atoms with Crippen molar-refractivity contribution in [2.24, 2.45) is 17.8 Å². The fourth-order valence-corrected chi connectivity index (χ4v) is 3.56. The van der Waals surface area contributed by atoms with Gasteiger partial charge in [0, 0.05) is 6.04 Å². The van der Waals surface area contributed by atoms with Crippen molar-refractivity contribution in [3.8, 4) is 0 Å². The fraction of sp³-hybridized carbons (Fsp3) is 1.00. The zero-order valence-corrected chi connectivity index (χ0v) is 8.47. The van der Waals surface area contributed by atoms with Gasteiger partial charge in [0.15, 0.2) is 0 Å². The lowest BCUT2D eigenvalue weighted by molar-refractivity contribution is 0.268. The molecule has 0 aromatic heterocycles. The molecule has 2 bridgehead atoms. The number of nitrogens with one attached hydrogen (secondary N) is 1. The Labute approximate surface area is 81.3 Å². The molecule has 0 radical (unpaired) electrons.